The first kappa shape index (κ1) is 19.1. The number of ether oxygens (including phenoxy) is 1. The summed E-state index contributed by atoms with van der Waals surface area (Å²) in [5.74, 6) is 0.415. The lowest BCUT2D eigenvalue weighted by molar-refractivity contribution is -0.113. The Morgan fingerprint density at radius 1 is 1.42 bits per heavy atom. The van der Waals surface area contributed by atoms with Gasteiger partial charge in [-0.25, -0.2) is 0 Å². The molecule has 8 nitrogen and oxygen atoms in total. The van der Waals surface area contributed by atoms with Gasteiger partial charge < -0.3 is 14.6 Å². The van der Waals surface area contributed by atoms with Gasteiger partial charge in [-0.2, -0.15) is 0 Å². The van der Waals surface area contributed by atoms with Gasteiger partial charge in [0.15, 0.2) is 4.34 Å². The third-order valence-corrected chi connectivity index (χ3v) is 5.79. The average molecular weight is 398 g/mol. The van der Waals surface area contributed by atoms with Gasteiger partial charge in [0.05, 0.1) is 17.6 Å². The molecule has 0 aliphatic carbocycles. The maximum Gasteiger partial charge on any atom is 0.237 e. The highest BCUT2D eigenvalue weighted by atomic mass is 32.2. The molecule has 3 rings (SSSR count). The van der Waals surface area contributed by atoms with E-state index in [1.807, 2.05) is 20.8 Å². The minimum Gasteiger partial charge on any atom is -0.376 e. The van der Waals surface area contributed by atoms with Crippen molar-refractivity contribution in [1.82, 2.24) is 15.4 Å². The molecule has 0 aromatic carbocycles. The third-order valence-electron chi connectivity index (χ3n) is 3.78. The highest BCUT2D eigenvalue weighted by molar-refractivity contribution is 8.01. The molecule has 1 fully saturated rings. The van der Waals surface area contributed by atoms with Gasteiger partial charge in [-0.15, -0.1) is 10.2 Å². The number of nitrogens with one attached hydrogen (secondary N) is 2. The van der Waals surface area contributed by atoms with E-state index < -0.39 is 0 Å². The maximum atomic E-state index is 12.1. The van der Waals surface area contributed by atoms with Crippen LogP contribution < -0.4 is 10.6 Å². The lowest BCUT2D eigenvalue weighted by atomic mass is 9.92. The summed E-state index contributed by atoms with van der Waals surface area (Å²) in [5, 5.41) is 18.8. The van der Waals surface area contributed by atoms with Crippen molar-refractivity contribution in [1.29, 1.82) is 0 Å². The number of hydrogen-bond donors (Lipinski definition) is 2. The molecule has 0 bridgehead atoms. The van der Waals surface area contributed by atoms with E-state index in [-0.39, 0.29) is 23.2 Å². The smallest absolute Gasteiger partial charge is 0.237 e. The number of anilines is 2. The zero-order valence-electron chi connectivity index (χ0n) is 15.1. The number of thioether (sulfide) groups is 1. The molecule has 1 saturated heterocycles. The number of aromatic nitrogens is 3. The first-order valence-electron chi connectivity index (χ1n) is 8.49. The Morgan fingerprint density at radius 2 is 2.27 bits per heavy atom. The summed E-state index contributed by atoms with van der Waals surface area (Å²) in [5.41, 5.74) is 0.673. The van der Waals surface area contributed by atoms with Crippen molar-refractivity contribution in [2.45, 2.75) is 49.5 Å². The molecule has 26 heavy (non-hydrogen) atoms. The van der Waals surface area contributed by atoms with E-state index in [1.54, 1.807) is 6.07 Å². The molecule has 2 N–H and O–H groups in total. The number of nitrogens with zero attached hydrogens (tertiary/aromatic N) is 3. The molecule has 0 spiro atoms. The summed E-state index contributed by atoms with van der Waals surface area (Å²) >= 11 is 2.77. The topological polar surface area (TPSA) is 102 Å². The Labute approximate surface area is 160 Å². The van der Waals surface area contributed by atoms with E-state index in [0.717, 1.165) is 41.2 Å². The van der Waals surface area contributed by atoms with Crippen molar-refractivity contribution in [2.75, 3.05) is 29.5 Å². The fourth-order valence-corrected chi connectivity index (χ4v) is 3.89. The monoisotopic (exact) mass is 397 g/mol. The van der Waals surface area contributed by atoms with Crippen LogP contribution in [0.2, 0.25) is 0 Å². The summed E-state index contributed by atoms with van der Waals surface area (Å²) in [6.45, 7) is 7.67. The predicted molar refractivity (Wildman–Crippen MR) is 102 cm³/mol. The molecule has 1 amide bonds. The Hall–Kier alpha value is -1.65. The van der Waals surface area contributed by atoms with Crippen LogP contribution in [0.1, 0.15) is 39.3 Å². The molecule has 0 saturated carbocycles. The number of rotatable bonds is 7. The summed E-state index contributed by atoms with van der Waals surface area (Å²) in [7, 11) is 0. The molecule has 10 heteroatoms. The summed E-state index contributed by atoms with van der Waals surface area (Å²) < 4.78 is 11.5. The number of amides is 1. The van der Waals surface area contributed by atoms with Crippen LogP contribution in [0.5, 0.6) is 0 Å². The first-order valence-corrected chi connectivity index (χ1v) is 10.3. The minimum absolute atomic E-state index is 0.124. The van der Waals surface area contributed by atoms with Gasteiger partial charge in [0.25, 0.3) is 0 Å². The normalized spacial score (nSPS) is 17.4. The van der Waals surface area contributed by atoms with Gasteiger partial charge in [0.1, 0.15) is 0 Å². The number of hydrogen-bond acceptors (Lipinski definition) is 9. The van der Waals surface area contributed by atoms with Crippen LogP contribution in [0.4, 0.5) is 11.0 Å². The molecule has 2 aromatic rings. The van der Waals surface area contributed by atoms with Gasteiger partial charge in [-0.05, 0) is 12.8 Å². The molecule has 0 radical (unpaired) electrons. The molecule has 0 unspecified atom stereocenters. The van der Waals surface area contributed by atoms with E-state index in [4.69, 9.17) is 9.26 Å². The van der Waals surface area contributed by atoms with Crippen molar-refractivity contribution in [3.05, 3.63) is 11.8 Å². The van der Waals surface area contributed by atoms with E-state index in [2.05, 4.69) is 26.0 Å². The molecule has 3 heterocycles. The quantitative estimate of drug-likeness (QED) is 0.687. The second kappa shape index (κ2) is 8.36. The van der Waals surface area contributed by atoms with Crippen molar-refractivity contribution >= 4 is 40.0 Å². The zero-order valence-corrected chi connectivity index (χ0v) is 16.7. The predicted octanol–water partition coefficient (Wildman–Crippen LogP) is 3.15. The van der Waals surface area contributed by atoms with E-state index in [1.165, 1.54) is 23.1 Å². The molecule has 2 aromatic heterocycles. The standard InChI is InChI=1S/C16H23N5O3S2/c1-16(2,3)11-7-13(24-21-11)18-12(22)9-25-15-20-19-14(26-15)17-8-10-5-4-6-23-10/h7,10H,4-6,8-9H2,1-3H3,(H,17,19)(H,18,22)/t10-/m0/s1. The van der Waals surface area contributed by atoms with Crippen LogP contribution in [-0.4, -0.2) is 46.3 Å². The van der Waals surface area contributed by atoms with Crippen LogP contribution in [0, 0.1) is 0 Å². The van der Waals surface area contributed by atoms with E-state index in [9.17, 15) is 4.79 Å². The molecule has 1 aliphatic heterocycles. The average Bonchev–Trinajstić information content (AvgIpc) is 3.32. The Kier molecular flexibility index (Phi) is 6.15. The lowest BCUT2D eigenvalue weighted by Crippen LogP contribution is -2.18. The maximum absolute atomic E-state index is 12.1. The van der Waals surface area contributed by atoms with Crippen LogP contribution >= 0.6 is 23.1 Å². The third kappa shape index (κ3) is 5.42. The fraction of sp³-hybridized carbons (Fsp3) is 0.625. The van der Waals surface area contributed by atoms with Crippen LogP contribution in [0.25, 0.3) is 0 Å². The van der Waals surface area contributed by atoms with E-state index in [0.29, 0.717) is 5.88 Å². The van der Waals surface area contributed by atoms with Gasteiger partial charge in [0, 0.05) is 24.6 Å². The SMILES string of the molecule is CC(C)(C)c1cc(NC(=O)CSc2nnc(NC[C@@H]3CCCO3)s2)on1. The Morgan fingerprint density at radius 3 is 2.96 bits per heavy atom. The van der Waals surface area contributed by atoms with Gasteiger partial charge >= 0.3 is 0 Å². The molecular formula is C16H23N5O3S2. The molecular weight excluding hydrogens is 374 g/mol. The summed E-state index contributed by atoms with van der Waals surface area (Å²) in [6, 6.07) is 1.75. The van der Waals surface area contributed by atoms with Crippen LogP contribution in [-0.2, 0) is 14.9 Å². The zero-order chi connectivity index (χ0) is 18.6. The van der Waals surface area contributed by atoms with Crippen molar-refractivity contribution in [3.8, 4) is 0 Å². The van der Waals surface area contributed by atoms with Crippen molar-refractivity contribution in [3.63, 3.8) is 0 Å². The Bertz CT molecular complexity index is 734. The van der Waals surface area contributed by atoms with Gasteiger partial charge in [-0.1, -0.05) is 49.0 Å². The largest absolute Gasteiger partial charge is 0.376 e. The fourth-order valence-electron chi connectivity index (χ4n) is 2.33. The number of carbonyl (C=O) groups is 1. The summed E-state index contributed by atoms with van der Waals surface area (Å²) in [4.78, 5) is 12.1. The van der Waals surface area contributed by atoms with Crippen molar-refractivity contribution in [2.24, 2.45) is 0 Å². The van der Waals surface area contributed by atoms with Crippen LogP contribution in [0.3, 0.4) is 0 Å². The van der Waals surface area contributed by atoms with Gasteiger partial charge in [-0.3, -0.25) is 10.1 Å². The summed E-state index contributed by atoms with van der Waals surface area (Å²) in [6.07, 6.45) is 2.44. The van der Waals surface area contributed by atoms with Crippen LogP contribution in [0.15, 0.2) is 14.9 Å². The highest BCUT2D eigenvalue weighted by Crippen LogP contribution is 2.27. The first-order chi connectivity index (χ1) is 12.4. The highest BCUT2D eigenvalue weighted by Gasteiger charge is 2.20. The Balaban J connectivity index is 1.42. The van der Waals surface area contributed by atoms with Crippen molar-refractivity contribution < 1.29 is 14.1 Å². The lowest BCUT2D eigenvalue weighted by Gasteiger charge is -2.12. The van der Waals surface area contributed by atoms with E-state index >= 15 is 0 Å². The second-order valence-corrected chi connectivity index (χ2v) is 9.25. The second-order valence-electron chi connectivity index (χ2n) is 7.05. The number of carbonyl (C=O) groups excluding carboxylic acids is 1. The molecule has 142 valence electrons. The van der Waals surface area contributed by atoms with Gasteiger partial charge in [0.2, 0.25) is 16.9 Å². The molecule has 1 aliphatic rings. The minimum atomic E-state index is -0.171. The molecule has 1 atom stereocenters.